The highest BCUT2D eigenvalue weighted by Crippen LogP contribution is 2.23. The van der Waals surface area contributed by atoms with Gasteiger partial charge in [-0.05, 0) is 40.4 Å². The molecule has 0 atom stereocenters. The first kappa shape index (κ1) is 11.1. The van der Waals surface area contributed by atoms with Gasteiger partial charge in [-0.25, -0.2) is 4.39 Å². The number of aromatic nitrogens is 1. The standard InChI is InChI=1S/C12H9FN4/c13-11-3-1-9(2-4-11)12-5-6-15-7-10(12)8-16-17-14/h1-7H,8H2. The maximum atomic E-state index is 12.8. The average Bonchev–Trinajstić information content (AvgIpc) is 2.38. The molecule has 0 N–H and O–H groups in total. The van der Waals surface area contributed by atoms with Crippen molar-refractivity contribution < 1.29 is 4.39 Å². The molecule has 5 heteroatoms. The monoisotopic (exact) mass is 228 g/mol. The SMILES string of the molecule is [N-]=[N+]=NCc1cnccc1-c1ccc(F)cc1. The quantitative estimate of drug-likeness (QED) is 0.448. The maximum Gasteiger partial charge on any atom is 0.123 e. The summed E-state index contributed by atoms with van der Waals surface area (Å²) in [6, 6.07) is 7.98. The molecule has 0 saturated carbocycles. The molecule has 0 aliphatic rings. The van der Waals surface area contributed by atoms with Crippen molar-refractivity contribution in [1.82, 2.24) is 4.98 Å². The van der Waals surface area contributed by atoms with Crippen LogP contribution >= 0.6 is 0 Å². The maximum absolute atomic E-state index is 12.8. The summed E-state index contributed by atoms with van der Waals surface area (Å²) in [5, 5.41) is 3.51. The van der Waals surface area contributed by atoms with E-state index in [9.17, 15) is 4.39 Å². The topological polar surface area (TPSA) is 61.7 Å². The van der Waals surface area contributed by atoms with Gasteiger partial charge in [0, 0.05) is 17.3 Å². The fraction of sp³-hybridized carbons (Fsp3) is 0.0833. The number of hydrogen-bond acceptors (Lipinski definition) is 2. The predicted octanol–water partition coefficient (Wildman–Crippen LogP) is 3.70. The van der Waals surface area contributed by atoms with Crippen molar-refractivity contribution >= 4 is 0 Å². The Morgan fingerprint density at radius 1 is 1.24 bits per heavy atom. The van der Waals surface area contributed by atoms with Crippen molar-refractivity contribution in [3.05, 3.63) is 64.5 Å². The second-order valence-electron chi connectivity index (χ2n) is 3.43. The molecule has 0 saturated heterocycles. The number of pyridine rings is 1. The third kappa shape index (κ3) is 2.59. The van der Waals surface area contributed by atoms with Crippen LogP contribution in [0.1, 0.15) is 5.56 Å². The number of halogens is 1. The van der Waals surface area contributed by atoms with Crippen LogP contribution in [0.2, 0.25) is 0 Å². The Hall–Kier alpha value is -2.39. The van der Waals surface area contributed by atoms with Gasteiger partial charge in [-0.1, -0.05) is 17.2 Å². The van der Waals surface area contributed by atoms with Gasteiger partial charge in [0.1, 0.15) is 5.82 Å². The van der Waals surface area contributed by atoms with E-state index in [-0.39, 0.29) is 12.4 Å². The Morgan fingerprint density at radius 3 is 2.71 bits per heavy atom. The summed E-state index contributed by atoms with van der Waals surface area (Å²) in [7, 11) is 0. The minimum absolute atomic E-state index is 0.233. The van der Waals surface area contributed by atoms with E-state index in [1.54, 1.807) is 24.5 Å². The lowest BCUT2D eigenvalue weighted by atomic mass is 10.0. The molecule has 1 heterocycles. The molecule has 0 aliphatic heterocycles. The number of hydrogen-bond donors (Lipinski definition) is 0. The first-order valence-corrected chi connectivity index (χ1v) is 5.01. The second-order valence-corrected chi connectivity index (χ2v) is 3.43. The number of benzene rings is 1. The van der Waals surface area contributed by atoms with Gasteiger partial charge in [0.05, 0.1) is 6.54 Å². The number of azide groups is 1. The second kappa shape index (κ2) is 5.09. The van der Waals surface area contributed by atoms with Gasteiger partial charge in [0.15, 0.2) is 0 Å². The highest BCUT2D eigenvalue weighted by molar-refractivity contribution is 5.66. The smallest absolute Gasteiger partial charge is 0.123 e. The molecule has 4 nitrogen and oxygen atoms in total. The van der Waals surface area contributed by atoms with Crippen molar-refractivity contribution in [2.75, 3.05) is 0 Å². The van der Waals surface area contributed by atoms with Gasteiger partial charge in [0.2, 0.25) is 0 Å². The Bertz CT molecular complexity index is 559. The van der Waals surface area contributed by atoms with E-state index in [4.69, 9.17) is 5.53 Å². The van der Waals surface area contributed by atoms with Crippen LogP contribution in [0.15, 0.2) is 47.8 Å². The molecule has 17 heavy (non-hydrogen) atoms. The zero-order valence-corrected chi connectivity index (χ0v) is 8.92. The summed E-state index contributed by atoms with van der Waals surface area (Å²) in [5.74, 6) is -0.278. The van der Waals surface area contributed by atoms with Crippen LogP contribution in [0.4, 0.5) is 4.39 Å². The first-order chi connectivity index (χ1) is 8.31. The molecule has 0 bridgehead atoms. The minimum atomic E-state index is -0.278. The van der Waals surface area contributed by atoms with E-state index in [0.717, 1.165) is 16.7 Å². The molecule has 0 amide bonds. The van der Waals surface area contributed by atoms with Crippen molar-refractivity contribution in [3.63, 3.8) is 0 Å². The van der Waals surface area contributed by atoms with Gasteiger partial charge in [-0.15, -0.1) is 0 Å². The lowest BCUT2D eigenvalue weighted by molar-refractivity contribution is 0.628. The third-order valence-electron chi connectivity index (χ3n) is 2.36. The van der Waals surface area contributed by atoms with Crippen LogP contribution in [-0.4, -0.2) is 4.98 Å². The van der Waals surface area contributed by atoms with E-state index >= 15 is 0 Å². The minimum Gasteiger partial charge on any atom is -0.264 e. The third-order valence-corrected chi connectivity index (χ3v) is 2.36. The van der Waals surface area contributed by atoms with Crippen molar-refractivity contribution in [2.45, 2.75) is 6.54 Å². The predicted molar refractivity (Wildman–Crippen MR) is 62.5 cm³/mol. The average molecular weight is 228 g/mol. The van der Waals surface area contributed by atoms with Gasteiger partial charge < -0.3 is 0 Å². The van der Waals surface area contributed by atoms with Crippen LogP contribution in [-0.2, 0) is 6.54 Å². The molecule has 84 valence electrons. The first-order valence-electron chi connectivity index (χ1n) is 5.01. The van der Waals surface area contributed by atoms with Crippen molar-refractivity contribution in [2.24, 2.45) is 5.11 Å². The fourth-order valence-corrected chi connectivity index (χ4v) is 1.57. The molecule has 0 radical (unpaired) electrons. The normalized spacial score (nSPS) is 9.71. The van der Waals surface area contributed by atoms with Gasteiger partial charge >= 0.3 is 0 Å². The van der Waals surface area contributed by atoms with Crippen LogP contribution in [0.5, 0.6) is 0 Å². The molecule has 0 fully saturated rings. The van der Waals surface area contributed by atoms with Crippen LogP contribution in [0.3, 0.4) is 0 Å². The van der Waals surface area contributed by atoms with E-state index < -0.39 is 0 Å². The summed E-state index contributed by atoms with van der Waals surface area (Å²) in [4.78, 5) is 6.70. The summed E-state index contributed by atoms with van der Waals surface area (Å²) >= 11 is 0. The Kier molecular flexibility index (Phi) is 3.33. The van der Waals surface area contributed by atoms with Crippen molar-refractivity contribution in [3.8, 4) is 11.1 Å². The zero-order chi connectivity index (χ0) is 12.1. The van der Waals surface area contributed by atoms with E-state index in [0.29, 0.717) is 0 Å². The highest BCUT2D eigenvalue weighted by Gasteiger charge is 2.04. The molecule has 0 aliphatic carbocycles. The molecule has 2 rings (SSSR count). The Labute approximate surface area is 97.4 Å². The summed E-state index contributed by atoms with van der Waals surface area (Å²) < 4.78 is 12.8. The summed E-state index contributed by atoms with van der Waals surface area (Å²) in [5.41, 5.74) is 10.9. The molecule has 0 unspecified atom stereocenters. The number of rotatable bonds is 3. The van der Waals surface area contributed by atoms with Crippen LogP contribution in [0.25, 0.3) is 21.6 Å². The molecule has 1 aromatic carbocycles. The van der Waals surface area contributed by atoms with E-state index in [1.165, 1.54) is 12.1 Å². The fourth-order valence-electron chi connectivity index (χ4n) is 1.57. The Morgan fingerprint density at radius 2 is 2.00 bits per heavy atom. The van der Waals surface area contributed by atoms with Gasteiger partial charge in [-0.2, -0.15) is 0 Å². The zero-order valence-electron chi connectivity index (χ0n) is 8.92. The molecular weight excluding hydrogens is 219 g/mol. The largest absolute Gasteiger partial charge is 0.264 e. The molecule has 1 aromatic heterocycles. The number of nitrogens with zero attached hydrogens (tertiary/aromatic N) is 4. The lowest BCUT2D eigenvalue weighted by Crippen LogP contribution is -1.89. The van der Waals surface area contributed by atoms with Gasteiger partial charge in [0.25, 0.3) is 0 Å². The molecule has 2 aromatic rings. The van der Waals surface area contributed by atoms with Crippen molar-refractivity contribution in [1.29, 1.82) is 0 Å². The summed E-state index contributed by atoms with van der Waals surface area (Å²) in [6.07, 6.45) is 3.30. The molecular formula is C12H9FN4. The molecule has 0 spiro atoms. The lowest BCUT2D eigenvalue weighted by Gasteiger charge is -2.06. The van der Waals surface area contributed by atoms with Crippen LogP contribution in [0, 0.1) is 5.82 Å². The van der Waals surface area contributed by atoms with Gasteiger partial charge in [-0.3, -0.25) is 4.98 Å². The Balaban J connectivity index is 2.43. The summed E-state index contributed by atoms with van der Waals surface area (Å²) in [6.45, 7) is 0.233. The van der Waals surface area contributed by atoms with E-state index in [2.05, 4.69) is 15.0 Å². The highest BCUT2D eigenvalue weighted by atomic mass is 19.1. The van der Waals surface area contributed by atoms with Crippen LogP contribution < -0.4 is 0 Å². The van der Waals surface area contributed by atoms with E-state index in [1.807, 2.05) is 6.07 Å².